The van der Waals surface area contributed by atoms with Crippen molar-refractivity contribution >= 4 is 11.6 Å². The summed E-state index contributed by atoms with van der Waals surface area (Å²) < 4.78 is 0. The number of amides is 1. The van der Waals surface area contributed by atoms with Gasteiger partial charge in [0, 0.05) is 12.5 Å². The lowest BCUT2D eigenvalue weighted by Gasteiger charge is -2.21. The Bertz CT molecular complexity index is 467. The number of nitrogens with zero attached hydrogens (tertiary/aromatic N) is 2. The van der Waals surface area contributed by atoms with Gasteiger partial charge >= 0.3 is 0 Å². The zero-order valence-electron chi connectivity index (χ0n) is 12.4. The van der Waals surface area contributed by atoms with Crippen LogP contribution < -0.4 is 11.1 Å². The molecule has 1 aliphatic rings. The van der Waals surface area contributed by atoms with Crippen LogP contribution in [0.15, 0.2) is 6.20 Å². The van der Waals surface area contributed by atoms with E-state index in [1.54, 1.807) is 0 Å². The summed E-state index contributed by atoms with van der Waals surface area (Å²) in [6.45, 7) is 4.71. The first-order valence-corrected chi connectivity index (χ1v) is 7.48. The predicted octanol–water partition coefficient (Wildman–Crippen LogP) is 2.49. The fraction of sp³-hybridized carbons (Fsp3) is 0.667. The third kappa shape index (κ3) is 3.68. The highest BCUT2D eigenvalue weighted by Crippen LogP contribution is 2.23. The summed E-state index contributed by atoms with van der Waals surface area (Å²) in [5.41, 5.74) is 6.46. The van der Waals surface area contributed by atoms with Crippen molar-refractivity contribution in [3.8, 4) is 0 Å². The topological polar surface area (TPSA) is 80.9 Å². The van der Waals surface area contributed by atoms with Crippen molar-refractivity contribution in [3.63, 3.8) is 0 Å². The molecule has 5 heteroatoms. The first-order valence-electron chi connectivity index (χ1n) is 7.48. The minimum absolute atomic E-state index is 0.181. The lowest BCUT2D eigenvalue weighted by molar-refractivity contribution is 0.0939. The maximum atomic E-state index is 12.2. The molecule has 0 aromatic carbocycles. The molecule has 0 bridgehead atoms. The average molecular weight is 276 g/mol. The lowest BCUT2D eigenvalue weighted by Crippen LogP contribution is -2.31. The van der Waals surface area contributed by atoms with Gasteiger partial charge in [-0.1, -0.05) is 33.1 Å². The molecular weight excluding hydrogens is 252 g/mol. The summed E-state index contributed by atoms with van der Waals surface area (Å²) >= 11 is 0. The highest BCUT2D eigenvalue weighted by Gasteiger charge is 2.18. The van der Waals surface area contributed by atoms with E-state index >= 15 is 0 Å². The molecule has 1 aromatic heterocycles. The normalized spacial score (nSPS) is 16.4. The Labute approximate surface area is 120 Å². The largest absolute Gasteiger partial charge is 0.396 e. The van der Waals surface area contributed by atoms with E-state index in [4.69, 9.17) is 5.73 Å². The van der Waals surface area contributed by atoms with Crippen molar-refractivity contribution in [1.82, 2.24) is 15.3 Å². The second-order valence-corrected chi connectivity index (χ2v) is 5.90. The Balaban J connectivity index is 1.99. The molecule has 1 heterocycles. The van der Waals surface area contributed by atoms with Crippen molar-refractivity contribution in [1.29, 1.82) is 0 Å². The fourth-order valence-corrected chi connectivity index (χ4v) is 2.58. The highest BCUT2D eigenvalue weighted by molar-refractivity contribution is 5.96. The van der Waals surface area contributed by atoms with E-state index in [2.05, 4.69) is 15.3 Å². The Morgan fingerprint density at radius 2 is 2.10 bits per heavy atom. The van der Waals surface area contributed by atoms with E-state index in [0.717, 1.165) is 6.54 Å². The summed E-state index contributed by atoms with van der Waals surface area (Å²) in [7, 11) is 0. The number of hydrogen-bond acceptors (Lipinski definition) is 4. The SMILES string of the molecule is CC(C)c1ncc(N)c(C(=O)NCC2CCCCC2)n1. The monoisotopic (exact) mass is 276 g/mol. The molecule has 5 nitrogen and oxygen atoms in total. The lowest BCUT2D eigenvalue weighted by atomic mass is 9.89. The maximum Gasteiger partial charge on any atom is 0.272 e. The molecule has 0 radical (unpaired) electrons. The van der Waals surface area contributed by atoms with Gasteiger partial charge in [0.2, 0.25) is 0 Å². The third-order valence-corrected chi connectivity index (χ3v) is 3.84. The van der Waals surface area contributed by atoms with Crippen LogP contribution in [0.2, 0.25) is 0 Å². The molecule has 1 saturated carbocycles. The van der Waals surface area contributed by atoms with E-state index < -0.39 is 0 Å². The number of anilines is 1. The van der Waals surface area contributed by atoms with Crippen LogP contribution in [0.5, 0.6) is 0 Å². The third-order valence-electron chi connectivity index (χ3n) is 3.84. The van der Waals surface area contributed by atoms with Gasteiger partial charge in [-0.05, 0) is 18.8 Å². The number of nitrogens with two attached hydrogens (primary N) is 1. The summed E-state index contributed by atoms with van der Waals surface area (Å²) in [4.78, 5) is 20.6. The summed E-state index contributed by atoms with van der Waals surface area (Å²) in [6.07, 6.45) is 7.80. The highest BCUT2D eigenvalue weighted by atomic mass is 16.1. The molecule has 1 amide bonds. The van der Waals surface area contributed by atoms with Gasteiger partial charge in [0.15, 0.2) is 5.69 Å². The van der Waals surface area contributed by atoms with Crippen LogP contribution >= 0.6 is 0 Å². The molecule has 1 fully saturated rings. The van der Waals surface area contributed by atoms with Gasteiger partial charge in [-0.2, -0.15) is 0 Å². The molecule has 3 N–H and O–H groups in total. The van der Waals surface area contributed by atoms with Gasteiger partial charge < -0.3 is 11.1 Å². The molecule has 20 heavy (non-hydrogen) atoms. The number of rotatable bonds is 4. The van der Waals surface area contributed by atoms with Crippen molar-refractivity contribution < 1.29 is 4.79 Å². The van der Waals surface area contributed by atoms with Crippen LogP contribution in [-0.2, 0) is 0 Å². The second kappa shape index (κ2) is 6.68. The molecule has 0 saturated heterocycles. The molecule has 1 aromatic rings. The molecular formula is C15H24N4O. The van der Waals surface area contributed by atoms with Gasteiger partial charge in [0.1, 0.15) is 5.82 Å². The maximum absolute atomic E-state index is 12.2. The number of aromatic nitrogens is 2. The smallest absolute Gasteiger partial charge is 0.272 e. The van der Waals surface area contributed by atoms with Gasteiger partial charge in [0.05, 0.1) is 11.9 Å². The van der Waals surface area contributed by atoms with E-state index in [1.807, 2.05) is 13.8 Å². The Hall–Kier alpha value is -1.65. The van der Waals surface area contributed by atoms with Crippen LogP contribution in [0.4, 0.5) is 5.69 Å². The Morgan fingerprint density at radius 3 is 2.75 bits per heavy atom. The predicted molar refractivity (Wildman–Crippen MR) is 79.4 cm³/mol. The summed E-state index contributed by atoms with van der Waals surface area (Å²) in [5, 5.41) is 2.97. The molecule has 2 rings (SSSR count). The van der Waals surface area contributed by atoms with E-state index in [1.165, 1.54) is 38.3 Å². The quantitative estimate of drug-likeness (QED) is 0.885. The molecule has 0 atom stereocenters. The first kappa shape index (κ1) is 14.8. The number of nitrogens with one attached hydrogen (secondary N) is 1. The zero-order chi connectivity index (χ0) is 14.5. The van der Waals surface area contributed by atoms with E-state index in [-0.39, 0.29) is 11.8 Å². The molecule has 110 valence electrons. The summed E-state index contributed by atoms with van der Waals surface area (Å²) in [6, 6.07) is 0. The van der Waals surface area contributed by atoms with Gasteiger partial charge in [0.25, 0.3) is 5.91 Å². The van der Waals surface area contributed by atoms with Crippen molar-refractivity contribution in [3.05, 3.63) is 17.7 Å². The van der Waals surface area contributed by atoms with Crippen molar-refractivity contribution in [2.45, 2.75) is 51.9 Å². The van der Waals surface area contributed by atoms with Crippen LogP contribution in [-0.4, -0.2) is 22.4 Å². The van der Waals surface area contributed by atoms with Crippen LogP contribution in [0, 0.1) is 5.92 Å². The number of carbonyl (C=O) groups excluding carboxylic acids is 1. The number of carbonyl (C=O) groups is 1. The minimum Gasteiger partial charge on any atom is -0.396 e. The average Bonchev–Trinajstić information content (AvgIpc) is 2.46. The van der Waals surface area contributed by atoms with Crippen molar-refractivity contribution in [2.75, 3.05) is 12.3 Å². The molecule has 0 aliphatic heterocycles. The fourth-order valence-electron chi connectivity index (χ4n) is 2.58. The molecule has 0 spiro atoms. The molecule has 0 unspecified atom stereocenters. The summed E-state index contributed by atoms with van der Waals surface area (Å²) in [5.74, 6) is 1.25. The Kier molecular flexibility index (Phi) is 4.93. The molecule has 1 aliphatic carbocycles. The zero-order valence-corrected chi connectivity index (χ0v) is 12.4. The van der Waals surface area contributed by atoms with Crippen LogP contribution in [0.25, 0.3) is 0 Å². The van der Waals surface area contributed by atoms with Crippen LogP contribution in [0.3, 0.4) is 0 Å². The van der Waals surface area contributed by atoms with E-state index in [9.17, 15) is 4.79 Å². The second-order valence-electron chi connectivity index (χ2n) is 5.90. The van der Waals surface area contributed by atoms with Gasteiger partial charge in [-0.3, -0.25) is 4.79 Å². The first-order chi connectivity index (χ1) is 9.58. The number of hydrogen-bond donors (Lipinski definition) is 2. The Morgan fingerprint density at radius 1 is 1.40 bits per heavy atom. The van der Waals surface area contributed by atoms with E-state index in [0.29, 0.717) is 23.1 Å². The van der Waals surface area contributed by atoms with Gasteiger partial charge in [-0.25, -0.2) is 9.97 Å². The standard InChI is InChI=1S/C15H24N4O/c1-10(2)14-17-9-12(16)13(19-14)15(20)18-8-11-6-4-3-5-7-11/h9-11H,3-8,16H2,1-2H3,(H,18,20). The van der Waals surface area contributed by atoms with Crippen LogP contribution in [0.1, 0.15) is 68.2 Å². The van der Waals surface area contributed by atoms with Crippen molar-refractivity contribution in [2.24, 2.45) is 5.92 Å². The number of nitrogen functional groups attached to an aromatic ring is 1. The van der Waals surface area contributed by atoms with Gasteiger partial charge in [-0.15, -0.1) is 0 Å². The minimum atomic E-state index is -0.183.